The summed E-state index contributed by atoms with van der Waals surface area (Å²) in [6.07, 6.45) is 1.58. The molecule has 2 aromatic carbocycles. The first-order valence-electron chi connectivity index (χ1n) is 8.26. The molecule has 1 N–H and O–H groups in total. The summed E-state index contributed by atoms with van der Waals surface area (Å²) in [5.41, 5.74) is 2.41. The van der Waals surface area contributed by atoms with Crippen molar-refractivity contribution >= 4 is 5.91 Å². The molecule has 26 heavy (non-hydrogen) atoms. The topological polar surface area (TPSA) is 60.5 Å². The van der Waals surface area contributed by atoms with Crippen LogP contribution in [0.15, 0.2) is 66.9 Å². The second-order valence-corrected chi connectivity index (χ2v) is 5.80. The van der Waals surface area contributed by atoms with Crippen molar-refractivity contribution in [3.63, 3.8) is 0 Å². The number of benzene rings is 2. The third-order valence-electron chi connectivity index (χ3n) is 3.83. The van der Waals surface area contributed by atoms with Crippen LogP contribution in [-0.2, 0) is 6.54 Å². The lowest BCUT2D eigenvalue weighted by atomic mass is 10.2. The van der Waals surface area contributed by atoms with Crippen LogP contribution < -0.4 is 14.8 Å². The highest BCUT2D eigenvalue weighted by atomic mass is 16.5. The highest BCUT2D eigenvalue weighted by molar-refractivity contribution is 5.93. The van der Waals surface area contributed by atoms with Crippen LogP contribution >= 0.6 is 0 Å². The summed E-state index contributed by atoms with van der Waals surface area (Å²) in [6.45, 7) is 2.32. The fraction of sp³-hybridized carbons (Fsp3) is 0.143. The van der Waals surface area contributed by atoms with Gasteiger partial charge in [0.15, 0.2) is 0 Å². The van der Waals surface area contributed by atoms with E-state index in [0.717, 1.165) is 22.8 Å². The molecule has 0 spiro atoms. The zero-order valence-corrected chi connectivity index (χ0v) is 14.7. The van der Waals surface area contributed by atoms with Crippen LogP contribution in [0.5, 0.6) is 17.2 Å². The van der Waals surface area contributed by atoms with Gasteiger partial charge in [-0.1, -0.05) is 18.2 Å². The standard InChI is InChI=1S/C21H20N2O3/c1-15-6-9-17(14-22-15)21(24)23-13-16-7-10-18(11-8-16)26-20-5-3-4-19(12-20)25-2/h3-12,14H,13H2,1-2H3,(H,23,24). The van der Waals surface area contributed by atoms with E-state index in [1.807, 2.05) is 61.5 Å². The largest absolute Gasteiger partial charge is 0.497 e. The van der Waals surface area contributed by atoms with Crippen molar-refractivity contribution in [3.8, 4) is 17.2 Å². The molecule has 0 bridgehead atoms. The number of methoxy groups -OCH3 is 1. The second-order valence-electron chi connectivity index (χ2n) is 5.80. The van der Waals surface area contributed by atoms with Crippen LogP contribution in [0.25, 0.3) is 0 Å². The van der Waals surface area contributed by atoms with E-state index < -0.39 is 0 Å². The molecule has 0 radical (unpaired) electrons. The molecule has 0 aliphatic heterocycles. The summed E-state index contributed by atoms with van der Waals surface area (Å²) in [5.74, 6) is 2.02. The molecule has 0 aliphatic rings. The van der Waals surface area contributed by atoms with Gasteiger partial charge < -0.3 is 14.8 Å². The zero-order valence-electron chi connectivity index (χ0n) is 14.7. The maximum atomic E-state index is 12.1. The molecule has 1 heterocycles. The molecule has 5 heteroatoms. The summed E-state index contributed by atoms with van der Waals surface area (Å²) in [4.78, 5) is 16.2. The van der Waals surface area contributed by atoms with Crippen molar-refractivity contribution in [1.82, 2.24) is 10.3 Å². The van der Waals surface area contributed by atoms with Gasteiger partial charge in [0.1, 0.15) is 17.2 Å². The summed E-state index contributed by atoms with van der Waals surface area (Å²) in [7, 11) is 1.62. The molecule has 132 valence electrons. The van der Waals surface area contributed by atoms with Gasteiger partial charge >= 0.3 is 0 Å². The number of aryl methyl sites for hydroxylation is 1. The molecule has 1 aromatic heterocycles. The number of aromatic nitrogens is 1. The van der Waals surface area contributed by atoms with Crippen LogP contribution in [0.4, 0.5) is 0 Å². The van der Waals surface area contributed by atoms with E-state index in [2.05, 4.69) is 10.3 Å². The molecule has 3 aromatic rings. The van der Waals surface area contributed by atoms with Crippen molar-refractivity contribution in [1.29, 1.82) is 0 Å². The number of hydrogen-bond acceptors (Lipinski definition) is 4. The molecule has 0 atom stereocenters. The molecule has 0 fully saturated rings. The number of pyridine rings is 1. The molecule has 0 aliphatic carbocycles. The first-order chi connectivity index (χ1) is 12.6. The molecule has 0 saturated carbocycles. The van der Waals surface area contributed by atoms with Crippen LogP contribution in [-0.4, -0.2) is 18.0 Å². The van der Waals surface area contributed by atoms with E-state index in [4.69, 9.17) is 9.47 Å². The Morgan fingerprint density at radius 3 is 2.46 bits per heavy atom. The number of nitrogens with one attached hydrogen (secondary N) is 1. The fourth-order valence-electron chi connectivity index (χ4n) is 2.36. The third kappa shape index (κ3) is 4.60. The van der Waals surface area contributed by atoms with Gasteiger partial charge in [0.2, 0.25) is 0 Å². The number of amides is 1. The van der Waals surface area contributed by atoms with Crippen LogP contribution in [0, 0.1) is 6.92 Å². The van der Waals surface area contributed by atoms with Crippen molar-refractivity contribution in [2.24, 2.45) is 0 Å². The minimum absolute atomic E-state index is 0.144. The van der Waals surface area contributed by atoms with Gasteiger partial charge in [-0.3, -0.25) is 9.78 Å². The molecular formula is C21H20N2O3. The van der Waals surface area contributed by atoms with Gasteiger partial charge in [-0.25, -0.2) is 0 Å². The minimum atomic E-state index is -0.144. The van der Waals surface area contributed by atoms with Gasteiger partial charge in [0.05, 0.1) is 12.7 Å². The van der Waals surface area contributed by atoms with E-state index in [1.54, 1.807) is 19.4 Å². The first kappa shape index (κ1) is 17.5. The smallest absolute Gasteiger partial charge is 0.253 e. The van der Waals surface area contributed by atoms with Crippen molar-refractivity contribution in [2.75, 3.05) is 7.11 Å². The van der Waals surface area contributed by atoms with E-state index in [-0.39, 0.29) is 5.91 Å². The van der Waals surface area contributed by atoms with Crippen molar-refractivity contribution < 1.29 is 14.3 Å². The molecule has 5 nitrogen and oxygen atoms in total. The monoisotopic (exact) mass is 348 g/mol. The number of nitrogens with zero attached hydrogens (tertiary/aromatic N) is 1. The predicted molar refractivity (Wildman–Crippen MR) is 99.7 cm³/mol. The quantitative estimate of drug-likeness (QED) is 0.728. The SMILES string of the molecule is COc1cccc(Oc2ccc(CNC(=O)c3ccc(C)nc3)cc2)c1. The summed E-state index contributed by atoms with van der Waals surface area (Å²) in [6, 6.07) is 18.6. The number of carbonyl (C=O) groups is 1. The Hall–Kier alpha value is -3.34. The normalized spacial score (nSPS) is 10.2. The van der Waals surface area contributed by atoms with Gasteiger partial charge in [0.25, 0.3) is 5.91 Å². The number of rotatable bonds is 6. The van der Waals surface area contributed by atoms with Crippen molar-refractivity contribution in [2.45, 2.75) is 13.5 Å². The zero-order chi connectivity index (χ0) is 18.4. The van der Waals surface area contributed by atoms with E-state index >= 15 is 0 Å². The molecular weight excluding hydrogens is 328 g/mol. The van der Waals surface area contributed by atoms with Crippen LogP contribution in [0.3, 0.4) is 0 Å². The third-order valence-corrected chi connectivity index (χ3v) is 3.83. The Balaban J connectivity index is 1.57. The Bertz CT molecular complexity index is 875. The Labute approximate surface area is 152 Å². The van der Waals surface area contributed by atoms with E-state index in [0.29, 0.717) is 17.9 Å². The molecule has 0 saturated heterocycles. The summed E-state index contributed by atoms with van der Waals surface area (Å²) < 4.78 is 11.0. The maximum Gasteiger partial charge on any atom is 0.253 e. The lowest BCUT2D eigenvalue weighted by Gasteiger charge is -2.09. The summed E-state index contributed by atoms with van der Waals surface area (Å²) in [5, 5.41) is 2.88. The number of hydrogen-bond donors (Lipinski definition) is 1. The first-order valence-corrected chi connectivity index (χ1v) is 8.26. The second kappa shape index (κ2) is 8.16. The fourth-order valence-corrected chi connectivity index (χ4v) is 2.36. The highest BCUT2D eigenvalue weighted by Crippen LogP contribution is 2.25. The predicted octanol–water partition coefficient (Wildman–Crippen LogP) is 4.12. The lowest BCUT2D eigenvalue weighted by molar-refractivity contribution is 0.0950. The van der Waals surface area contributed by atoms with Gasteiger partial charge in [-0.05, 0) is 48.9 Å². The van der Waals surface area contributed by atoms with E-state index in [9.17, 15) is 4.79 Å². The highest BCUT2D eigenvalue weighted by Gasteiger charge is 2.06. The Morgan fingerprint density at radius 1 is 1.00 bits per heavy atom. The van der Waals surface area contributed by atoms with Gasteiger partial charge in [-0.2, -0.15) is 0 Å². The van der Waals surface area contributed by atoms with E-state index in [1.165, 1.54) is 0 Å². The number of carbonyl (C=O) groups excluding carboxylic acids is 1. The maximum absolute atomic E-state index is 12.1. The Morgan fingerprint density at radius 2 is 1.77 bits per heavy atom. The van der Waals surface area contributed by atoms with Crippen molar-refractivity contribution in [3.05, 3.63) is 83.7 Å². The molecule has 3 rings (SSSR count). The lowest BCUT2D eigenvalue weighted by Crippen LogP contribution is -2.22. The molecule has 1 amide bonds. The Kier molecular flexibility index (Phi) is 5.49. The minimum Gasteiger partial charge on any atom is -0.497 e. The molecule has 0 unspecified atom stereocenters. The average Bonchev–Trinajstić information content (AvgIpc) is 2.68. The van der Waals surface area contributed by atoms with Crippen LogP contribution in [0.1, 0.15) is 21.6 Å². The summed E-state index contributed by atoms with van der Waals surface area (Å²) >= 11 is 0. The van der Waals surface area contributed by atoms with Gasteiger partial charge in [0, 0.05) is 24.5 Å². The van der Waals surface area contributed by atoms with Gasteiger partial charge in [-0.15, -0.1) is 0 Å². The van der Waals surface area contributed by atoms with Crippen LogP contribution in [0.2, 0.25) is 0 Å². The number of ether oxygens (including phenoxy) is 2. The average molecular weight is 348 g/mol.